The quantitative estimate of drug-likeness (QED) is 0.436. The lowest BCUT2D eigenvalue weighted by atomic mass is 10.2. The molecule has 3 aromatic rings. The fraction of sp³-hybridized carbons (Fsp3) is 0.304. The third-order valence-corrected chi connectivity index (χ3v) is 7.50. The van der Waals surface area contributed by atoms with Gasteiger partial charge in [-0.2, -0.15) is 0 Å². The number of ether oxygens (including phenoxy) is 2. The molecule has 8 nitrogen and oxygen atoms in total. The minimum Gasteiger partial charge on any atom is -0.495 e. The topological polar surface area (TPSA) is 107 Å². The number of benzene rings is 2. The fourth-order valence-electron chi connectivity index (χ4n) is 3.02. The van der Waals surface area contributed by atoms with Crippen molar-refractivity contribution >= 4 is 38.6 Å². The van der Waals surface area contributed by atoms with Crippen LogP contribution in [0.15, 0.2) is 47.4 Å². The van der Waals surface area contributed by atoms with Crippen molar-refractivity contribution in [1.29, 1.82) is 0 Å². The van der Waals surface area contributed by atoms with Crippen LogP contribution >= 0.6 is 11.3 Å². The van der Waals surface area contributed by atoms with E-state index < -0.39 is 10.0 Å². The Bertz CT molecular complexity index is 1240. The van der Waals surface area contributed by atoms with Gasteiger partial charge in [-0.1, -0.05) is 13.8 Å². The molecular weight excluding hydrogens is 462 g/mol. The number of carbonyl (C=O) groups excluding carboxylic acids is 1. The molecule has 0 fully saturated rings. The molecule has 0 atom stereocenters. The first-order valence-corrected chi connectivity index (χ1v) is 12.7. The molecule has 0 bridgehead atoms. The predicted molar refractivity (Wildman–Crippen MR) is 130 cm³/mol. The normalized spacial score (nSPS) is 11.3. The van der Waals surface area contributed by atoms with Crippen LogP contribution < -0.4 is 19.5 Å². The minimum atomic E-state index is -4.00. The molecule has 10 heteroatoms. The lowest BCUT2D eigenvalue weighted by Crippen LogP contribution is -2.16. The number of aromatic nitrogens is 1. The van der Waals surface area contributed by atoms with Gasteiger partial charge in [0.1, 0.15) is 21.3 Å². The number of sulfonamides is 1. The van der Waals surface area contributed by atoms with Gasteiger partial charge in [0.05, 0.1) is 24.4 Å². The summed E-state index contributed by atoms with van der Waals surface area (Å²) in [6, 6.07) is 11.0. The average molecular weight is 490 g/mol. The number of rotatable bonds is 9. The molecule has 176 valence electrons. The van der Waals surface area contributed by atoms with Gasteiger partial charge in [0.2, 0.25) is 0 Å². The highest BCUT2D eigenvalue weighted by Crippen LogP contribution is 2.30. The van der Waals surface area contributed by atoms with E-state index >= 15 is 0 Å². The van der Waals surface area contributed by atoms with Gasteiger partial charge in [0.15, 0.2) is 0 Å². The van der Waals surface area contributed by atoms with Crippen molar-refractivity contribution in [1.82, 2.24) is 4.98 Å². The lowest BCUT2D eigenvalue weighted by molar-refractivity contribution is 0.102. The van der Waals surface area contributed by atoms with E-state index in [-0.39, 0.29) is 22.5 Å². The van der Waals surface area contributed by atoms with E-state index in [1.165, 1.54) is 30.6 Å². The number of thiazole rings is 1. The van der Waals surface area contributed by atoms with Crippen LogP contribution in [-0.4, -0.2) is 33.0 Å². The molecule has 1 heterocycles. The second-order valence-corrected chi connectivity index (χ2v) is 10.2. The van der Waals surface area contributed by atoms with Gasteiger partial charge in [-0.05, 0) is 56.3 Å². The first-order valence-electron chi connectivity index (χ1n) is 10.4. The van der Waals surface area contributed by atoms with Crippen molar-refractivity contribution in [2.45, 2.75) is 38.5 Å². The molecule has 0 radical (unpaired) electrons. The van der Waals surface area contributed by atoms with E-state index in [0.29, 0.717) is 34.3 Å². The lowest BCUT2D eigenvalue weighted by Gasteiger charge is -2.14. The number of anilines is 2. The maximum absolute atomic E-state index is 13.1. The SMILES string of the molecule is CCOc1ccc(NS(=O)(=O)c2cc(NC(=O)c3sc(C(C)C)nc3C)ccc2OC)cc1. The molecule has 0 aliphatic carbocycles. The summed E-state index contributed by atoms with van der Waals surface area (Å²) >= 11 is 1.33. The van der Waals surface area contributed by atoms with Crippen molar-refractivity contribution in [3.05, 3.63) is 58.0 Å². The van der Waals surface area contributed by atoms with Gasteiger partial charge < -0.3 is 14.8 Å². The summed E-state index contributed by atoms with van der Waals surface area (Å²) in [5, 5.41) is 3.64. The standard InChI is InChI=1S/C23H27N3O5S2/c1-6-31-18-10-7-16(8-11-18)26-33(28,29)20-13-17(9-12-19(20)30-5)25-22(27)21-15(4)24-23(32-21)14(2)3/h7-14,26H,6H2,1-5H3,(H,25,27). The summed E-state index contributed by atoms with van der Waals surface area (Å²) in [6.07, 6.45) is 0. The summed E-state index contributed by atoms with van der Waals surface area (Å²) in [5.74, 6) is 0.663. The Morgan fingerprint density at radius 2 is 1.79 bits per heavy atom. The molecule has 0 aliphatic rings. The first kappa shape index (κ1) is 24.5. The number of nitrogens with zero attached hydrogens (tertiary/aromatic N) is 1. The summed E-state index contributed by atoms with van der Waals surface area (Å²) in [4.78, 5) is 17.7. The van der Waals surface area contributed by atoms with E-state index in [9.17, 15) is 13.2 Å². The maximum Gasteiger partial charge on any atom is 0.267 e. The van der Waals surface area contributed by atoms with Gasteiger partial charge in [0, 0.05) is 17.3 Å². The van der Waals surface area contributed by atoms with Crippen LogP contribution in [0, 0.1) is 6.92 Å². The Morgan fingerprint density at radius 3 is 2.36 bits per heavy atom. The first-order chi connectivity index (χ1) is 15.6. The third-order valence-electron chi connectivity index (χ3n) is 4.64. The van der Waals surface area contributed by atoms with Gasteiger partial charge in [-0.15, -0.1) is 11.3 Å². The van der Waals surface area contributed by atoms with Crippen molar-refractivity contribution in [2.75, 3.05) is 23.8 Å². The predicted octanol–water partition coefficient (Wildman–Crippen LogP) is 5.04. The van der Waals surface area contributed by atoms with Crippen LogP contribution in [0.3, 0.4) is 0 Å². The van der Waals surface area contributed by atoms with E-state index in [1.54, 1.807) is 37.3 Å². The Kier molecular flexibility index (Phi) is 7.60. The number of methoxy groups -OCH3 is 1. The summed E-state index contributed by atoms with van der Waals surface area (Å²) in [5.41, 5.74) is 1.34. The number of nitrogens with one attached hydrogen (secondary N) is 2. The number of amides is 1. The monoisotopic (exact) mass is 489 g/mol. The Hall–Kier alpha value is -3.11. The van der Waals surface area contributed by atoms with Gasteiger partial charge >= 0.3 is 0 Å². The summed E-state index contributed by atoms with van der Waals surface area (Å²) < 4.78 is 39.3. The highest BCUT2D eigenvalue weighted by molar-refractivity contribution is 7.92. The molecule has 1 aromatic heterocycles. The van der Waals surface area contributed by atoms with Crippen LogP contribution in [0.2, 0.25) is 0 Å². The molecule has 2 N–H and O–H groups in total. The van der Waals surface area contributed by atoms with Crippen LogP contribution in [0.25, 0.3) is 0 Å². The number of carbonyl (C=O) groups is 1. The Morgan fingerprint density at radius 1 is 1.12 bits per heavy atom. The molecule has 0 unspecified atom stereocenters. The highest BCUT2D eigenvalue weighted by atomic mass is 32.2. The molecule has 1 amide bonds. The molecule has 0 spiro atoms. The Labute approximate surface area is 198 Å². The molecule has 3 rings (SSSR count). The zero-order valence-corrected chi connectivity index (χ0v) is 20.8. The van der Waals surface area contributed by atoms with Crippen LogP contribution in [0.5, 0.6) is 11.5 Å². The molecular formula is C23H27N3O5S2. The highest BCUT2D eigenvalue weighted by Gasteiger charge is 2.22. The second kappa shape index (κ2) is 10.2. The third kappa shape index (κ3) is 5.82. The summed E-state index contributed by atoms with van der Waals surface area (Å²) in [7, 11) is -2.61. The molecule has 33 heavy (non-hydrogen) atoms. The van der Waals surface area contributed by atoms with Crippen LogP contribution in [-0.2, 0) is 10.0 Å². The number of aryl methyl sites for hydroxylation is 1. The smallest absolute Gasteiger partial charge is 0.267 e. The molecule has 0 saturated heterocycles. The second-order valence-electron chi connectivity index (χ2n) is 7.50. The van der Waals surface area contributed by atoms with Crippen LogP contribution in [0.4, 0.5) is 11.4 Å². The molecule has 2 aromatic carbocycles. The van der Waals surface area contributed by atoms with Crippen LogP contribution in [0.1, 0.15) is 47.1 Å². The largest absolute Gasteiger partial charge is 0.495 e. The van der Waals surface area contributed by atoms with Gasteiger partial charge in [-0.25, -0.2) is 13.4 Å². The fourth-order valence-corrected chi connectivity index (χ4v) is 5.24. The number of hydrogen-bond acceptors (Lipinski definition) is 7. The maximum atomic E-state index is 13.1. The van der Waals surface area contributed by atoms with Crippen molar-refractivity contribution in [3.8, 4) is 11.5 Å². The average Bonchev–Trinajstić information content (AvgIpc) is 3.17. The zero-order chi connectivity index (χ0) is 24.2. The summed E-state index contributed by atoms with van der Waals surface area (Å²) in [6.45, 7) is 8.19. The zero-order valence-electron chi connectivity index (χ0n) is 19.1. The van der Waals surface area contributed by atoms with E-state index in [0.717, 1.165) is 5.01 Å². The number of hydrogen-bond donors (Lipinski definition) is 2. The van der Waals surface area contributed by atoms with E-state index in [1.807, 2.05) is 20.8 Å². The Balaban J connectivity index is 1.86. The van der Waals surface area contributed by atoms with Crippen molar-refractivity contribution in [3.63, 3.8) is 0 Å². The van der Waals surface area contributed by atoms with Gasteiger partial charge in [0.25, 0.3) is 15.9 Å². The van der Waals surface area contributed by atoms with Crippen molar-refractivity contribution in [2.24, 2.45) is 0 Å². The van der Waals surface area contributed by atoms with E-state index in [2.05, 4.69) is 15.0 Å². The van der Waals surface area contributed by atoms with Crippen molar-refractivity contribution < 1.29 is 22.7 Å². The van der Waals surface area contributed by atoms with Gasteiger partial charge in [-0.3, -0.25) is 9.52 Å². The van der Waals surface area contributed by atoms with E-state index in [4.69, 9.17) is 9.47 Å². The minimum absolute atomic E-state index is 0.0967. The molecule has 0 aliphatic heterocycles. The molecule has 0 saturated carbocycles.